The van der Waals surface area contributed by atoms with E-state index in [1.165, 1.54) is 25.7 Å². The van der Waals surface area contributed by atoms with E-state index in [1.54, 1.807) is 0 Å². The van der Waals surface area contributed by atoms with Gasteiger partial charge in [0.1, 0.15) is 0 Å². The summed E-state index contributed by atoms with van der Waals surface area (Å²) < 4.78 is 1.07. The van der Waals surface area contributed by atoms with Crippen molar-refractivity contribution in [3.8, 4) is 0 Å². The Kier molecular flexibility index (Phi) is 2.18. The fourth-order valence-corrected chi connectivity index (χ4v) is 3.66. The Balaban J connectivity index is 1.94. The molecule has 0 amide bonds. The Morgan fingerprint density at radius 3 is 2.47 bits per heavy atom. The zero-order valence-corrected chi connectivity index (χ0v) is 10.2. The minimum absolute atomic E-state index is 0.500. The van der Waals surface area contributed by atoms with E-state index in [1.807, 2.05) is 12.1 Å². The highest BCUT2D eigenvalue weighted by atomic mass is 79.9. The van der Waals surface area contributed by atoms with Gasteiger partial charge < -0.3 is 5.11 Å². The summed E-state index contributed by atoms with van der Waals surface area (Å²) in [5.41, 5.74) is 0.606. The molecule has 2 atom stereocenters. The highest BCUT2D eigenvalue weighted by Crippen LogP contribution is 2.64. The van der Waals surface area contributed by atoms with Gasteiger partial charge in [0.25, 0.3) is 0 Å². The lowest BCUT2D eigenvalue weighted by atomic mass is 10.0. The second kappa shape index (κ2) is 3.33. The van der Waals surface area contributed by atoms with E-state index in [0.717, 1.165) is 10.0 Å². The van der Waals surface area contributed by atoms with Gasteiger partial charge in [-0.2, -0.15) is 0 Å². The first kappa shape index (κ1) is 9.86. The van der Waals surface area contributed by atoms with E-state index in [2.05, 4.69) is 28.1 Å². The summed E-state index contributed by atoms with van der Waals surface area (Å²) in [7, 11) is 0. The first-order valence-corrected chi connectivity index (χ1v) is 6.50. The lowest BCUT2D eigenvalue weighted by Gasteiger charge is -2.11. The zero-order valence-electron chi connectivity index (χ0n) is 8.62. The Bertz CT molecular complexity index is 376. The van der Waals surface area contributed by atoms with Gasteiger partial charge in [0.05, 0.1) is 5.60 Å². The summed E-state index contributed by atoms with van der Waals surface area (Å²) in [6.07, 6.45) is 4.98. The van der Waals surface area contributed by atoms with Crippen molar-refractivity contribution in [2.45, 2.75) is 31.3 Å². The average Bonchev–Trinajstić information content (AvgIpc) is 2.87. The average molecular weight is 267 g/mol. The topological polar surface area (TPSA) is 20.2 Å². The quantitative estimate of drug-likeness (QED) is 0.826. The van der Waals surface area contributed by atoms with Gasteiger partial charge in [-0.1, -0.05) is 40.9 Å². The van der Waals surface area contributed by atoms with E-state index in [0.29, 0.717) is 11.8 Å². The lowest BCUT2D eigenvalue weighted by molar-refractivity contribution is 0.118. The standard InChI is InChI=1S/C13H15BrO/c14-10-5-3-4-9(8-10)13(15)11-6-1-2-7-12(11)13/h3-5,8,11-12,15H,1-2,6-7H2. The van der Waals surface area contributed by atoms with Crippen molar-refractivity contribution in [3.05, 3.63) is 34.3 Å². The van der Waals surface area contributed by atoms with Gasteiger partial charge in [-0.05, 0) is 42.4 Å². The Morgan fingerprint density at radius 2 is 1.87 bits per heavy atom. The fraction of sp³-hybridized carbons (Fsp3) is 0.538. The van der Waals surface area contributed by atoms with E-state index >= 15 is 0 Å². The summed E-state index contributed by atoms with van der Waals surface area (Å²) in [5.74, 6) is 1.06. The third-order valence-electron chi connectivity index (χ3n) is 4.07. The van der Waals surface area contributed by atoms with Crippen LogP contribution in [0.3, 0.4) is 0 Å². The van der Waals surface area contributed by atoms with Gasteiger partial charge in [0.2, 0.25) is 0 Å². The lowest BCUT2D eigenvalue weighted by Crippen LogP contribution is -2.09. The number of fused-ring (bicyclic) bond motifs is 1. The molecule has 2 aliphatic carbocycles. The van der Waals surface area contributed by atoms with Gasteiger partial charge in [-0.3, -0.25) is 0 Å². The van der Waals surface area contributed by atoms with Crippen LogP contribution in [-0.2, 0) is 5.60 Å². The van der Waals surface area contributed by atoms with Crippen molar-refractivity contribution >= 4 is 15.9 Å². The molecule has 2 heteroatoms. The minimum atomic E-state index is -0.500. The molecule has 1 aromatic carbocycles. The molecule has 2 saturated carbocycles. The van der Waals surface area contributed by atoms with Crippen molar-refractivity contribution in [1.29, 1.82) is 0 Å². The normalized spacial score (nSPS) is 38.5. The van der Waals surface area contributed by atoms with Crippen LogP contribution in [0.25, 0.3) is 0 Å². The maximum absolute atomic E-state index is 10.7. The van der Waals surface area contributed by atoms with E-state index in [9.17, 15) is 5.11 Å². The van der Waals surface area contributed by atoms with Gasteiger partial charge >= 0.3 is 0 Å². The monoisotopic (exact) mass is 266 g/mol. The summed E-state index contributed by atoms with van der Waals surface area (Å²) >= 11 is 3.47. The molecule has 1 nitrogen and oxygen atoms in total. The van der Waals surface area contributed by atoms with Crippen LogP contribution in [0.15, 0.2) is 28.7 Å². The molecule has 80 valence electrons. The molecule has 2 fully saturated rings. The largest absolute Gasteiger partial charge is 0.385 e. The molecule has 15 heavy (non-hydrogen) atoms. The molecular formula is C13H15BrO. The molecule has 0 spiro atoms. The second-order valence-electron chi connectivity index (χ2n) is 4.83. The maximum Gasteiger partial charge on any atom is 0.0960 e. The number of rotatable bonds is 1. The van der Waals surface area contributed by atoms with Crippen LogP contribution in [-0.4, -0.2) is 5.11 Å². The minimum Gasteiger partial charge on any atom is -0.385 e. The molecule has 3 rings (SSSR count). The Hall–Kier alpha value is -0.340. The summed E-state index contributed by atoms with van der Waals surface area (Å²) in [4.78, 5) is 0. The molecule has 2 unspecified atom stereocenters. The van der Waals surface area contributed by atoms with Crippen molar-refractivity contribution in [2.75, 3.05) is 0 Å². The van der Waals surface area contributed by atoms with Crippen LogP contribution >= 0.6 is 15.9 Å². The van der Waals surface area contributed by atoms with Crippen LogP contribution in [0.5, 0.6) is 0 Å². The van der Waals surface area contributed by atoms with Crippen molar-refractivity contribution in [2.24, 2.45) is 11.8 Å². The first-order valence-electron chi connectivity index (χ1n) is 5.71. The zero-order chi connectivity index (χ0) is 10.5. The fourth-order valence-electron chi connectivity index (χ4n) is 3.26. The molecule has 0 heterocycles. The molecule has 1 aromatic rings. The van der Waals surface area contributed by atoms with Crippen LogP contribution in [0.4, 0.5) is 0 Å². The third kappa shape index (κ3) is 1.38. The predicted molar refractivity (Wildman–Crippen MR) is 63.5 cm³/mol. The van der Waals surface area contributed by atoms with Gasteiger partial charge in [0.15, 0.2) is 0 Å². The molecule has 0 radical (unpaired) electrons. The summed E-state index contributed by atoms with van der Waals surface area (Å²) in [6.45, 7) is 0. The summed E-state index contributed by atoms with van der Waals surface area (Å²) in [6, 6.07) is 8.15. The van der Waals surface area contributed by atoms with Crippen molar-refractivity contribution in [3.63, 3.8) is 0 Å². The Morgan fingerprint density at radius 1 is 1.20 bits per heavy atom. The van der Waals surface area contributed by atoms with E-state index < -0.39 is 5.60 Å². The summed E-state index contributed by atoms with van der Waals surface area (Å²) in [5, 5.41) is 10.7. The highest BCUT2D eigenvalue weighted by molar-refractivity contribution is 9.10. The molecule has 0 saturated heterocycles. The molecule has 1 N–H and O–H groups in total. The maximum atomic E-state index is 10.7. The van der Waals surface area contributed by atoms with Gasteiger partial charge in [-0.15, -0.1) is 0 Å². The SMILES string of the molecule is OC1(c2cccc(Br)c2)C2CCCCC21. The van der Waals surface area contributed by atoms with Gasteiger partial charge in [0, 0.05) is 4.47 Å². The van der Waals surface area contributed by atoms with Crippen LogP contribution < -0.4 is 0 Å². The molecule has 0 bridgehead atoms. The number of aliphatic hydroxyl groups is 1. The second-order valence-corrected chi connectivity index (χ2v) is 5.75. The van der Waals surface area contributed by atoms with Crippen molar-refractivity contribution < 1.29 is 5.11 Å². The molecular weight excluding hydrogens is 252 g/mol. The first-order chi connectivity index (χ1) is 7.23. The van der Waals surface area contributed by atoms with Crippen molar-refractivity contribution in [1.82, 2.24) is 0 Å². The van der Waals surface area contributed by atoms with Gasteiger partial charge in [-0.25, -0.2) is 0 Å². The third-order valence-corrected chi connectivity index (χ3v) is 4.57. The van der Waals surface area contributed by atoms with Crippen LogP contribution in [0, 0.1) is 11.8 Å². The molecule has 0 aromatic heterocycles. The number of benzene rings is 1. The Labute approximate surface area is 98.6 Å². The number of halogens is 1. The number of hydrogen-bond donors (Lipinski definition) is 1. The van der Waals surface area contributed by atoms with E-state index in [-0.39, 0.29) is 0 Å². The van der Waals surface area contributed by atoms with Crippen LogP contribution in [0.1, 0.15) is 31.2 Å². The number of hydrogen-bond acceptors (Lipinski definition) is 1. The molecule has 0 aliphatic heterocycles. The smallest absolute Gasteiger partial charge is 0.0960 e. The van der Waals surface area contributed by atoms with Crippen LogP contribution in [0.2, 0.25) is 0 Å². The predicted octanol–water partition coefficient (Wildman–Crippen LogP) is 3.46. The highest BCUT2D eigenvalue weighted by Gasteiger charge is 2.64. The molecule has 2 aliphatic rings. The van der Waals surface area contributed by atoms with E-state index in [4.69, 9.17) is 0 Å².